The molecular formula is C11H21N3O2. The van der Waals surface area contributed by atoms with E-state index in [1.165, 1.54) is 22.1 Å². The Morgan fingerprint density at radius 2 is 2.00 bits per heavy atom. The highest BCUT2D eigenvalue weighted by Gasteiger charge is 2.10. The molecule has 0 unspecified atom stereocenters. The Morgan fingerprint density at radius 1 is 1.25 bits per heavy atom. The van der Waals surface area contributed by atoms with Crippen LogP contribution in [0, 0.1) is 0 Å². The van der Waals surface area contributed by atoms with Crippen LogP contribution in [-0.2, 0) is 19.7 Å². The molecule has 1 aromatic rings. The van der Waals surface area contributed by atoms with Gasteiger partial charge in [0.1, 0.15) is 6.61 Å². The quantitative estimate of drug-likeness (QED) is 0.710. The van der Waals surface area contributed by atoms with Gasteiger partial charge in [0.2, 0.25) is 0 Å². The van der Waals surface area contributed by atoms with E-state index in [9.17, 15) is 4.79 Å². The lowest BCUT2D eigenvalue weighted by molar-refractivity contribution is 0.264. The van der Waals surface area contributed by atoms with Gasteiger partial charge in [-0.3, -0.25) is 4.57 Å². The van der Waals surface area contributed by atoms with E-state index in [-0.39, 0.29) is 12.3 Å². The molecular weight excluding hydrogens is 206 g/mol. The van der Waals surface area contributed by atoms with Crippen molar-refractivity contribution in [2.75, 3.05) is 0 Å². The van der Waals surface area contributed by atoms with Crippen LogP contribution in [0.15, 0.2) is 4.79 Å². The molecule has 0 atom stereocenters. The molecule has 92 valence electrons. The summed E-state index contributed by atoms with van der Waals surface area (Å²) in [6.07, 6.45) is 4.46. The minimum atomic E-state index is -0.176. The summed E-state index contributed by atoms with van der Waals surface area (Å²) in [6, 6.07) is 0. The van der Waals surface area contributed by atoms with Crippen molar-refractivity contribution < 1.29 is 5.11 Å². The van der Waals surface area contributed by atoms with Gasteiger partial charge in [0.25, 0.3) is 0 Å². The molecule has 0 radical (unpaired) electrons. The van der Waals surface area contributed by atoms with Gasteiger partial charge >= 0.3 is 5.69 Å². The molecule has 16 heavy (non-hydrogen) atoms. The van der Waals surface area contributed by atoms with Crippen molar-refractivity contribution in [1.29, 1.82) is 0 Å². The Labute approximate surface area is 95.7 Å². The van der Waals surface area contributed by atoms with E-state index in [4.69, 9.17) is 5.11 Å². The number of unbranched alkanes of at least 4 members (excludes halogenated alkanes) is 3. The van der Waals surface area contributed by atoms with Gasteiger partial charge in [-0.15, -0.1) is 0 Å². The number of aliphatic hydroxyl groups excluding tert-OH is 1. The molecule has 0 fully saturated rings. The van der Waals surface area contributed by atoms with Gasteiger partial charge in [0, 0.05) is 13.1 Å². The van der Waals surface area contributed by atoms with Gasteiger partial charge in [-0.05, 0) is 13.3 Å². The third-order valence-electron chi connectivity index (χ3n) is 2.68. The molecule has 5 heteroatoms. The van der Waals surface area contributed by atoms with E-state index in [0.717, 1.165) is 12.8 Å². The van der Waals surface area contributed by atoms with Crippen molar-refractivity contribution in [1.82, 2.24) is 14.3 Å². The van der Waals surface area contributed by atoms with Crippen LogP contribution >= 0.6 is 0 Å². The molecule has 0 aromatic carbocycles. The summed E-state index contributed by atoms with van der Waals surface area (Å²) in [5.41, 5.74) is -0.108. The molecule has 0 spiro atoms. The predicted octanol–water partition coefficient (Wildman–Crippen LogP) is 1.14. The van der Waals surface area contributed by atoms with E-state index >= 15 is 0 Å². The van der Waals surface area contributed by atoms with Gasteiger partial charge in [-0.25, -0.2) is 9.48 Å². The number of hydrogen-bond donors (Lipinski definition) is 1. The lowest BCUT2D eigenvalue weighted by Crippen LogP contribution is -2.25. The Kier molecular flexibility index (Phi) is 5.25. The number of hydrogen-bond acceptors (Lipinski definition) is 3. The van der Waals surface area contributed by atoms with Crippen LogP contribution < -0.4 is 5.69 Å². The van der Waals surface area contributed by atoms with Gasteiger partial charge in [0.15, 0.2) is 5.82 Å². The van der Waals surface area contributed by atoms with E-state index in [0.29, 0.717) is 18.9 Å². The summed E-state index contributed by atoms with van der Waals surface area (Å²) in [4.78, 5) is 11.8. The van der Waals surface area contributed by atoms with E-state index in [1.54, 1.807) is 0 Å². The van der Waals surface area contributed by atoms with Gasteiger partial charge < -0.3 is 5.11 Å². The lowest BCUT2D eigenvalue weighted by Gasteiger charge is -1.98. The number of nitrogens with zero attached hydrogens (tertiary/aromatic N) is 3. The fraction of sp³-hybridized carbons (Fsp3) is 0.818. The Hall–Kier alpha value is -1.10. The summed E-state index contributed by atoms with van der Waals surface area (Å²) >= 11 is 0. The largest absolute Gasteiger partial charge is 0.388 e. The first kappa shape index (κ1) is 13.0. The minimum Gasteiger partial charge on any atom is -0.388 e. The van der Waals surface area contributed by atoms with Crippen LogP contribution in [-0.4, -0.2) is 19.5 Å². The third kappa shape index (κ3) is 2.95. The third-order valence-corrected chi connectivity index (χ3v) is 2.68. The maximum atomic E-state index is 11.8. The molecule has 0 saturated heterocycles. The van der Waals surface area contributed by atoms with Crippen LogP contribution in [0.4, 0.5) is 0 Å². The van der Waals surface area contributed by atoms with Crippen molar-refractivity contribution in [3.63, 3.8) is 0 Å². The molecule has 0 saturated carbocycles. The van der Waals surface area contributed by atoms with Crippen LogP contribution in [0.3, 0.4) is 0 Å². The van der Waals surface area contributed by atoms with Crippen molar-refractivity contribution >= 4 is 0 Å². The standard InChI is InChI=1S/C11H21N3O2/c1-3-5-6-7-8-14-11(16)13(4-2)10(9-15)12-14/h15H,3-9H2,1-2H3. The molecule has 0 bridgehead atoms. The normalized spacial score (nSPS) is 10.9. The molecule has 1 aromatic heterocycles. The highest BCUT2D eigenvalue weighted by molar-refractivity contribution is 4.84. The molecule has 5 nitrogen and oxygen atoms in total. The number of aryl methyl sites for hydroxylation is 1. The molecule has 1 heterocycles. The number of aliphatic hydroxyl groups is 1. The Morgan fingerprint density at radius 3 is 2.50 bits per heavy atom. The summed E-state index contributed by atoms with van der Waals surface area (Å²) in [7, 11) is 0. The van der Waals surface area contributed by atoms with Crippen LogP contribution in [0.25, 0.3) is 0 Å². The number of rotatable bonds is 7. The van der Waals surface area contributed by atoms with Crippen molar-refractivity contribution in [2.24, 2.45) is 0 Å². The Bertz CT molecular complexity index is 368. The fourth-order valence-electron chi connectivity index (χ4n) is 1.75. The van der Waals surface area contributed by atoms with E-state index < -0.39 is 0 Å². The first-order valence-corrected chi connectivity index (χ1v) is 6.02. The highest BCUT2D eigenvalue weighted by atomic mass is 16.3. The first-order chi connectivity index (χ1) is 7.74. The van der Waals surface area contributed by atoms with Gasteiger partial charge in [-0.1, -0.05) is 26.2 Å². The molecule has 0 amide bonds. The zero-order valence-corrected chi connectivity index (χ0v) is 10.1. The van der Waals surface area contributed by atoms with Gasteiger partial charge in [0.05, 0.1) is 0 Å². The monoisotopic (exact) mass is 227 g/mol. The van der Waals surface area contributed by atoms with Crippen molar-refractivity contribution in [3.05, 3.63) is 16.3 Å². The minimum absolute atomic E-state index is 0.108. The molecule has 1 rings (SSSR count). The van der Waals surface area contributed by atoms with Crippen molar-refractivity contribution in [3.8, 4) is 0 Å². The van der Waals surface area contributed by atoms with Crippen molar-refractivity contribution in [2.45, 2.75) is 59.2 Å². The average Bonchev–Trinajstić information content (AvgIpc) is 2.61. The van der Waals surface area contributed by atoms with Crippen LogP contribution in [0.1, 0.15) is 45.4 Å². The molecule has 1 N–H and O–H groups in total. The summed E-state index contributed by atoms with van der Waals surface area (Å²) in [6.45, 7) is 5.07. The second-order valence-electron chi connectivity index (χ2n) is 3.88. The highest BCUT2D eigenvalue weighted by Crippen LogP contribution is 2.00. The zero-order valence-electron chi connectivity index (χ0n) is 10.1. The van der Waals surface area contributed by atoms with Gasteiger partial charge in [-0.2, -0.15) is 5.10 Å². The average molecular weight is 227 g/mol. The predicted molar refractivity (Wildman–Crippen MR) is 62.2 cm³/mol. The fourth-order valence-corrected chi connectivity index (χ4v) is 1.75. The van der Waals surface area contributed by atoms with Crippen LogP contribution in [0.5, 0.6) is 0 Å². The maximum Gasteiger partial charge on any atom is 0.345 e. The lowest BCUT2D eigenvalue weighted by atomic mass is 10.2. The second kappa shape index (κ2) is 6.48. The number of aromatic nitrogens is 3. The first-order valence-electron chi connectivity index (χ1n) is 6.02. The maximum absolute atomic E-state index is 11.8. The second-order valence-corrected chi connectivity index (χ2v) is 3.88. The Balaban J connectivity index is 2.66. The molecule has 0 aliphatic rings. The van der Waals surface area contributed by atoms with E-state index in [2.05, 4.69) is 12.0 Å². The van der Waals surface area contributed by atoms with Crippen LogP contribution in [0.2, 0.25) is 0 Å². The van der Waals surface area contributed by atoms with E-state index in [1.807, 2.05) is 6.92 Å². The summed E-state index contributed by atoms with van der Waals surface area (Å²) < 4.78 is 2.98. The molecule has 0 aliphatic heterocycles. The molecule has 0 aliphatic carbocycles. The summed E-state index contributed by atoms with van der Waals surface area (Å²) in [5, 5.41) is 13.2. The SMILES string of the molecule is CCCCCCn1nc(CO)n(CC)c1=O. The summed E-state index contributed by atoms with van der Waals surface area (Å²) in [5.74, 6) is 0.461. The topological polar surface area (TPSA) is 60.0 Å². The smallest absolute Gasteiger partial charge is 0.345 e. The zero-order chi connectivity index (χ0) is 12.0.